The fraction of sp³-hybridized carbons (Fsp3) is 0.526. The number of Topliss-reactive ketones (excluding diaryl/α,β-unsaturated/α-hetero) is 1. The van der Waals surface area contributed by atoms with Gasteiger partial charge in [0.2, 0.25) is 0 Å². The molecule has 0 amide bonds. The minimum Gasteiger partial charge on any atom is -0.463 e. The molecule has 1 N–H and O–H groups in total. The number of nitrogens with zero attached hydrogens (tertiary/aromatic N) is 2. The first-order valence-electron chi connectivity index (χ1n) is 8.78. The molecule has 0 saturated heterocycles. The molecule has 1 aromatic heterocycles. The third-order valence-corrected chi connectivity index (χ3v) is 5.12. The van der Waals surface area contributed by atoms with E-state index in [1.165, 1.54) is 0 Å². The molecule has 1 aromatic rings. The van der Waals surface area contributed by atoms with E-state index < -0.39 is 5.92 Å². The van der Waals surface area contributed by atoms with Crippen molar-refractivity contribution in [3.05, 3.63) is 39.5 Å². The van der Waals surface area contributed by atoms with E-state index in [1.807, 2.05) is 27.8 Å². The fourth-order valence-electron chi connectivity index (χ4n) is 3.96. The smallest absolute Gasteiger partial charge is 0.336 e. The van der Waals surface area contributed by atoms with Crippen molar-refractivity contribution in [2.45, 2.75) is 52.9 Å². The summed E-state index contributed by atoms with van der Waals surface area (Å²) in [6, 6.07) is 0. The molecular weight excluding hydrogens is 318 g/mol. The van der Waals surface area contributed by atoms with E-state index >= 15 is 0 Å². The Kier molecular flexibility index (Phi) is 4.54. The zero-order chi connectivity index (χ0) is 18.3. The molecule has 6 nitrogen and oxygen atoms in total. The number of allylic oxidation sites excluding steroid dienone is 3. The van der Waals surface area contributed by atoms with Crippen molar-refractivity contribution < 1.29 is 14.3 Å². The number of esters is 1. The summed E-state index contributed by atoms with van der Waals surface area (Å²) >= 11 is 0. The first-order chi connectivity index (χ1) is 11.9. The van der Waals surface area contributed by atoms with Crippen LogP contribution in [-0.4, -0.2) is 28.1 Å². The predicted octanol–water partition coefficient (Wildman–Crippen LogP) is 2.57. The fourth-order valence-corrected chi connectivity index (χ4v) is 3.96. The van der Waals surface area contributed by atoms with Gasteiger partial charge in [-0.25, -0.2) is 4.79 Å². The summed E-state index contributed by atoms with van der Waals surface area (Å²) in [5, 5.41) is 7.79. The number of aromatic nitrogens is 2. The molecule has 25 heavy (non-hydrogen) atoms. The van der Waals surface area contributed by atoms with Crippen molar-refractivity contribution in [1.82, 2.24) is 15.1 Å². The van der Waals surface area contributed by atoms with E-state index in [2.05, 4.69) is 10.4 Å². The monoisotopic (exact) mass is 343 g/mol. The molecular formula is C19H25N3O3. The first-order valence-corrected chi connectivity index (χ1v) is 8.78. The lowest BCUT2D eigenvalue weighted by molar-refractivity contribution is -0.138. The highest BCUT2D eigenvalue weighted by atomic mass is 16.5. The van der Waals surface area contributed by atoms with Crippen molar-refractivity contribution in [2.24, 2.45) is 7.05 Å². The van der Waals surface area contributed by atoms with Crippen LogP contribution in [0.2, 0.25) is 0 Å². The van der Waals surface area contributed by atoms with Crippen molar-refractivity contribution in [1.29, 1.82) is 0 Å². The summed E-state index contributed by atoms with van der Waals surface area (Å²) in [6.45, 7) is 7.87. The maximum Gasteiger partial charge on any atom is 0.336 e. The highest BCUT2D eigenvalue weighted by molar-refractivity contribution is 6.03. The number of hydrogen-bond acceptors (Lipinski definition) is 5. The van der Waals surface area contributed by atoms with Crippen molar-refractivity contribution in [3.63, 3.8) is 0 Å². The third kappa shape index (κ3) is 2.79. The van der Waals surface area contributed by atoms with Crippen LogP contribution in [0.3, 0.4) is 0 Å². The average Bonchev–Trinajstić information content (AvgIpc) is 2.79. The molecule has 1 aliphatic carbocycles. The normalized spacial score (nSPS) is 20.5. The molecule has 6 heteroatoms. The predicted molar refractivity (Wildman–Crippen MR) is 93.8 cm³/mol. The summed E-state index contributed by atoms with van der Waals surface area (Å²) in [6.07, 6.45) is 2.18. The second-order valence-electron chi connectivity index (χ2n) is 6.69. The van der Waals surface area contributed by atoms with E-state index in [0.29, 0.717) is 24.2 Å². The van der Waals surface area contributed by atoms with Crippen molar-refractivity contribution >= 4 is 11.8 Å². The lowest BCUT2D eigenvalue weighted by atomic mass is 9.74. The average molecular weight is 343 g/mol. The van der Waals surface area contributed by atoms with Gasteiger partial charge in [0.1, 0.15) is 0 Å². The van der Waals surface area contributed by atoms with Crippen LogP contribution in [-0.2, 0) is 21.4 Å². The molecule has 0 bridgehead atoms. The van der Waals surface area contributed by atoms with Crippen LogP contribution in [0, 0.1) is 13.8 Å². The van der Waals surface area contributed by atoms with Gasteiger partial charge in [-0.3, -0.25) is 9.48 Å². The van der Waals surface area contributed by atoms with Crippen LogP contribution in [0.1, 0.15) is 56.0 Å². The zero-order valence-electron chi connectivity index (χ0n) is 15.5. The van der Waals surface area contributed by atoms with E-state index in [-0.39, 0.29) is 11.8 Å². The Bertz CT molecular complexity index is 814. The van der Waals surface area contributed by atoms with Crippen LogP contribution >= 0.6 is 0 Å². The van der Waals surface area contributed by atoms with Crippen LogP contribution in [0.4, 0.5) is 0 Å². The number of aryl methyl sites for hydroxylation is 2. The van der Waals surface area contributed by atoms with E-state index in [9.17, 15) is 9.59 Å². The topological polar surface area (TPSA) is 73.2 Å². The van der Waals surface area contributed by atoms with Crippen molar-refractivity contribution in [3.8, 4) is 0 Å². The summed E-state index contributed by atoms with van der Waals surface area (Å²) in [4.78, 5) is 25.5. The molecule has 134 valence electrons. The van der Waals surface area contributed by atoms with E-state index in [4.69, 9.17) is 4.74 Å². The van der Waals surface area contributed by atoms with Crippen LogP contribution < -0.4 is 5.32 Å². The highest BCUT2D eigenvalue weighted by Gasteiger charge is 2.41. The molecule has 1 unspecified atom stereocenters. The quantitative estimate of drug-likeness (QED) is 0.854. The summed E-state index contributed by atoms with van der Waals surface area (Å²) < 4.78 is 7.11. The van der Waals surface area contributed by atoms with Gasteiger partial charge < -0.3 is 10.1 Å². The third-order valence-electron chi connectivity index (χ3n) is 5.12. The van der Waals surface area contributed by atoms with Gasteiger partial charge in [-0.05, 0) is 40.5 Å². The Hall–Kier alpha value is -2.37. The zero-order valence-corrected chi connectivity index (χ0v) is 15.5. The summed E-state index contributed by atoms with van der Waals surface area (Å²) in [5.41, 5.74) is 5.67. The molecule has 0 aromatic carbocycles. The number of carbonyl (C=O) groups excluding carboxylic acids is 2. The van der Waals surface area contributed by atoms with Gasteiger partial charge in [-0.1, -0.05) is 0 Å². The number of ether oxygens (including phenoxy) is 1. The maximum atomic E-state index is 12.8. The second-order valence-corrected chi connectivity index (χ2v) is 6.69. The van der Waals surface area contributed by atoms with Crippen LogP contribution in [0.15, 0.2) is 22.5 Å². The molecule has 0 saturated carbocycles. The summed E-state index contributed by atoms with van der Waals surface area (Å²) in [7, 11) is 1.88. The molecule has 3 rings (SSSR count). The van der Waals surface area contributed by atoms with Gasteiger partial charge in [0.05, 0.1) is 23.8 Å². The van der Waals surface area contributed by atoms with Gasteiger partial charge in [0, 0.05) is 41.7 Å². The standard InChI is InChI=1S/C19H25N3O3/c1-6-25-19(24)16-10(2)20-13-8-7-9-14(23)17(13)18(16)15-11(3)21-22(5)12(15)4/h18,20H,6-9H2,1-5H3. The minimum atomic E-state index is -0.406. The van der Waals surface area contributed by atoms with Gasteiger partial charge in [0.15, 0.2) is 5.78 Å². The Morgan fingerprint density at radius 1 is 1.32 bits per heavy atom. The van der Waals surface area contributed by atoms with Gasteiger partial charge in [-0.15, -0.1) is 0 Å². The van der Waals surface area contributed by atoms with E-state index in [0.717, 1.165) is 41.2 Å². The Labute approximate surface area is 147 Å². The van der Waals surface area contributed by atoms with Gasteiger partial charge in [0.25, 0.3) is 0 Å². The second kappa shape index (κ2) is 6.50. The molecule has 1 aliphatic heterocycles. The Morgan fingerprint density at radius 2 is 2.04 bits per heavy atom. The minimum absolute atomic E-state index is 0.107. The number of carbonyl (C=O) groups is 2. The van der Waals surface area contributed by atoms with Gasteiger partial charge >= 0.3 is 5.97 Å². The molecule has 0 spiro atoms. The van der Waals surface area contributed by atoms with Crippen molar-refractivity contribution in [2.75, 3.05) is 6.61 Å². The van der Waals surface area contributed by atoms with Crippen LogP contribution in [0.25, 0.3) is 0 Å². The largest absolute Gasteiger partial charge is 0.463 e. The molecule has 2 aliphatic rings. The van der Waals surface area contributed by atoms with Crippen LogP contribution in [0.5, 0.6) is 0 Å². The number of dihydropyridines is 1. The lowest BCUT2D eigenvalue weighted by Crippen LogP contribution is -2.34. The first kappa shape index (κ1) is 17.5. The summed E-state index contributed by atoms with van der Waals surface area (Å²) in [5.74, 6) is -0.669. The number of ketones is 1. The maximum absolute atomic E-state index is 12.8. The van der Waals surface area contributed by atoms with E-state index in [1.54, 1.807) is 11.6 Å². The SMILES string of the molecule is CCOC(=O)C1=C(C)NC2=C(C(=O)CCC2)C1c1c(C)nn(C)c1C. The number of hydrogen-bond donors (Lipinski definition) is 1. The highest BCUT2D eigenvalue weighted by Crippen LogP contribution is 2.44. The lowest BCUT2D eigenvalue weighted by Gasteiger charge is -2.34. The number of rotatable bonds is 3. The molecule has 0 radical (unpaired) electrons. The molecule has 0 fully saturated rings. The Morgan fingerprint density at radius 3 is 2.64 bits per heavy atom. The molecule has 2 heterocycles. The Balaban J connectivity index is 2.24. The van der Waals surface area contributed by atoms with Gasteiger partial charge in [-0.2, -0.15) is 5.10 Å². The number of nitrogens with one attached hydrogen (secondary N) is 1. The molecule has 1 atom stereocenters.